The Kier molecular flexibility index (Phi) is 5.31. The van der Waals surface area contributed by atoms with Crippen LogP contribution in [0.1, 0.15) is 50.0 Å². The number of amides is 1. The van der Waals surface area contributed by atoms with Crippen LogP contribution in [0.2, 0.25) is 0 Å². The molecule has 0 bridgehead atoms. The second-order valence-corrected chi connectivity index (χ2v) is 6.23. The first-order valence-electron chi connectivity index (χ1n) is 6.93. The summed E-state index contributed by atoms with van der Waals surface area (Å²) in [5.41, 5.74) is 0.760. The van der Waals surface area contributed by atoms with E-state index in [-0.39, 0.29) is 24.5 Å². The molecule has 20 heavy (non-hydrogen) atoms. The van der Waals surface area contributed by atoms with E-state index in [1.165, 1.54) is 0 Å². The Morgan fingerprint density at radius 2 is 1.60 bits per heavy atom. The molecule has 0 saturated carbocycles. The molecule has 0 aliphatic heterocycles. The first-order chi connectivity index (χ1) is 9.28. The van der Waals surface area contributed by atoms with Gasteiger partial charge in [0, 0.05) is 5.56 Å². The average Bonchev–Trinajstić information content (AvgIpc) is 2.44. The highest BCUT2D eigenvalue weighted by molar-refractivity contribution is 5.94. The third kappa shape index (κ3) is 3.81. The predicted octanol–water partition coefficient (Wildman–Crippen LogP) is 1.85. The van der Waals surface area contributed by atoms with Crippen molar-refractivity contribution in [1.29, 1.82) is 0 Å². The van der Waals surface area contributed by atoms with Gasteiger partial charge < -0.3 is 15.5 Å². The summed E-state index contributed by atoms with van der Waals surface area (Å²) < 4.78 is 0. The van der Waals surface area contributed by atoms with Crippen LogP contribution in [-0.4, -0.2) is 34.9 Å². The van der Waals surface area contributed by atoms with Crippen molar-refractivity contribution >= 4 is 5.91 Å². The third-order valence-corrected chi connectivity index (χ3v) is 3.67. The molecule has 0 fully saturated rings. The molecule has 4 nitrogen and oxygen atoms in total. The quantitative estimate of drug-likeness (QED) is 0.770. The summed E-state index contributed by atoms with van der Waals surface area (Å²) in [6.07, 6.45) is 0.464. The molecule has 0 aromatic heterocycles. The first-order valence-corrected chi connectivity index (χ1v) is 6.93. The highest BCUT2D eigenvalue weighted by Gasteiger charge is 2.29. The van der Waals surface area contributed by atoms with Gasteiger partial charge in [-0.3, -0.25) is 4.79 Å². The van der Waals surface area contributed by atoms with Crippen molar-refractivity contribution in [2.45, 2.75) is 45.1 Å². The Morgan fingerprint density at radius 1 is 1.10 bits per heavy atom. The van der Waals surface area contributed by atoms with Crippen LogP contribution in [0, 0.1) is 0 Å². The van der Waals surface area contributed by atoms with Crippen molar-refractivity contribution in [3.8, 4) is 0 Å². The van der Waals surface area contributed by atoms with Crippen LogP contribution in [0.4, 0.5) is 0 Å². The van der Waals surface area contributed by atoms with E-state index >= 15 is 0 Å². The van der Waals surface area contributed by atoms with Crippen LogP contribution in [0.25, 0.3) is 0 Å². The zero-order valence-corrected chi connectivity index (χ0v) is 12.7. The van der Waals surface area contributed by atoms with Crippen LogP contribution in [0.15, 0.2) is 24.3 Å². The van der Waals surface area contributed by atoms with Gasteiger partial charge in [-0.05, 0) is 29.5 Å². The lowest BCUT2D eigenvalue weighted by atomic mass is 9.86. The number of carbonyl (C=O) groups is 1. The van der Waals surface area contributed by atoms with E-state index in [2.05, 4.69) is 26.1 Å². The standard InChI is InChI=1S/C16H25NO3/c1-5-16(10-18,11-19)17-14(20)12-6-8-13(9-7-12)15(2,3)4/h6-9,18-19H,5,10-11H2,1-4H3,(H,17,20). The fourth-order valence-corrected chi connectivity index (χ4v) is 1.88. The van der Waals surface area contributed by atoms with E-state index in [1.807, 2.05) is 19.1 Å². The Labute approximate surface area is 120 Å². The summed E-state index contributed by atoms with van der Waals surface area (Å²) in [4.78, 5) is 12.2. The first kappa shape index (κ1) is 16.7. The summed E-state index contributed by atoms with van der Waals surface area (Å²) in [6, 6.07) is 7.40. The normalized spacial score (nSPS) is 12.3. The smallest absolute Gasteiger partial charge is 0.251 e. The van der Waals surface area contributed by atoms with Gasteiger partial charge in [0.25, 0.3) is 5.91 Å². The van der Waals surface area contributed by atoms with Gasteiger partial charge in [-0.25, -0.2) is 0 Å². The van der Waals surface area contributed by atoms with Gasteiger partial charge in [-0.15, -0.1) is 0 Å². The van der Waals surface area contributed by atoms with Crippen LogP contribution >= 0.6 is 0 Å². The molecular formula is C16H25NO3. The lowest BCUT2D eigenvalue weighted by Gasteiger charge is -2.29. The minimum atomic E-state index is -0.959. The molecule has 1 rings (SSSR count). The fourth-order valence-electron chi connectivity index (χ4n) is 1.88. The third-order valence-electron chi connectivity index (χ3n) is 3.67. The van der Waals surface area contributed by atoms with Gasteiger partial charge in [-0.2, -0.15) is 0 Å². The van der Waals surface area contributed by atoms with Crippen LogP contribution < -0.4 is 5.32 Å². The number of benzene rings is 1. The van der Waals surface area contributed by atoms with Crippen molar-refractivity contribution < 1.29 is 15.0 Å². The maximum absolute atomic E-state index is 12.2. The van der Waals surface area contributed by atoms with Gasteiger partial charge in [0.05, 0.1) is 18.8 Å². The van der Waals surface area contributed by atoms with Gasteiger partial charge >= 0.3 is 0 Å². The highest BCUT2D eigenvalue weighted by Crippen LogP contribution is 2.22. The number of carbonyl (C=O) groups excluding carboxylic acids is 1. The van der Waals surface area contributed by atoms with Crippen molar-refractivity contribution in [1.82, 2.24) is 5.32 Å². The van der Waals surface area contributed by atoms with Crippen molar-refractivity contribution in [2.75, 3.05) is 13.2 Å². The van der Waals surface area contributed by atoms with Gasteiger partial charge in [0.15, 0.2) is 0 Å². The van der Waals surface area contributed by atoms with E-state index < -0.39 is 5.54 Å². The Morgan fingerprint density at radius 3 is 1.95 bits per heavy atom. The molecule has 4 heteroatoms. The Balaban J connectivity index is 2.88. The van der Waals surface area contributed by atoms with Crippen LogP contribution in [-0.2, 0) is 5.41 Å². The van der Waals surface area contributed by atoms with E-state index in [0.717, 1.165) is 5.56 Å². The molecule has 1 amide bonds. The maximum Gasteiger partial charge on any atom is 0.251 e. The van der Waals surface area contributed by atoms with E-state index in [9.17, 15) is 15.0 Å². The lowest BCUT2D eigenvalue weighted by Crippen LogP contribution is -2.53. The van der Waals surface area contributed by atoms with Crippen molar-refractivity contribution in [2.24, 2.45) is 0 Å². The molecule has 112 valence electrons. The molecule has 0 saturated heterocycles. The Bertz CT molecular complexity index is 434. The van der Waals surface area contributed by atoms with Gasteiger partial charge in [-0.1, -0.05) is 39.8 Å². The summed E-state index contributed by atoms with van der Waals surface area (Å²) >= 11 is 0. The van der Waals surface area contributed by atoms with Crippen molar-refractivity contribution in [3.05, 3.63) is 35.4 Å². The second-order valence-electron chi connectivity index (χ2n) is 6.23. The number of hydrogen-bond acceptors (Lipinski definition) is 3. The minimum Gasteiger partial charge on any atom is -0.394 e. The molecule has 1 aromatic carbocycles. The summed E-state index contributed by atoms with van der Waals surface area (Å²) in [5, 5.41) is 21.4. The zero-order chi connectivity index (χ0) is 15.4. The summed E-state index contributed by atoms with van der Waals surface area (Å²) in [7, 11) is 0. The SMILES string of the molecule is CCC(CO)(CO)NC(=O)c1ccc(C(C)(C)C)cc1. The monoisotopic (exact) mass is 279 g/mol. The largest absolute Gasteiger partial charge is 0.394 e. The molecule has 3 N–H and O–H groups in total. The number of nitrogens with one attached hydrogen (secondary N) is 1. The summed E-state index contributed by atoms with van der Waals surface area (Å²) in [6.45, 7) is 7.58. The number of aliphatic hydroxyl groups is 2. The molecular weight excluding hydrogens is 254 g/mol. The molecule has 0 aliphatic rings. The Hall–Kier alpha value is -1.39. The van der Waals surface area contributed by atoms with E-state index in [0.29, 0.717) is 12.0 Å². The molecule has 0 unspecified atom stereocenters. The van der Waals surface area contributed by atoms with E-state index in [1.54, 1.807) is 12.1 Å². The minimum absolute atomic E-state index is 0.0401. The van der Waals surface area contributed by atoms with Crippen molar-refractivity contribution in [3.63, 3.8) is 0 Å². The highest BCUT2D eigenvalue weighted by atomic mass is 16.3. The number of rotatable bonds is 5. The molecule has 0 radical (unpaired) electrons. The molecule has 0 aliphatic carbocycles. The topological polar surface area (TPSA) is 69.6 Å². The molecule has 0 spiro atoms. The van der Waals surface area contributed by atoms with Gasteiger partial charge in [0.2, 0.25) is 0 Å². The predicted molar refractivity (Wildman–Crippen MR) is 79.8 cm³/mol. The molecule has 0 atom stereocenters. The van der Waals surface area contributed by atoms with Crippen LogP contribution in [0.3, 0.4) is 0 Å². The maximum atomic E-state index is 12.2. The number of aliphatic hydroxyl groups excluding tert-OH is 2. The zero-order valence-electron chi connectivity index (χ0n) is 12.7. The van der Waals surface area contributed by atoms with Gasteiger partial charge in [0.1, 0.15) is 0 Å². The molecule has 0 heterocycles. The number of hydrogen-bond donors (Lipinski definition) is 3. The average molecular weight is 279 g/mol. The van der Waals surface area contributed by atoms with E-state index in [4.69, 9.17) is 0 Å². The fraction of sp³-hybridized carbons (Fsp3) is 0.562. The van der Waals surface area contributed by atoms with Crippen LogP contribution in [0.5, 0.6) is 0 Å². The molecule has 1 aromatic rings. The summed E-state index contributed by atoms with van der Waals surface area (Å²) in [5.74, 6) is -0.282. The second kappa shape index (κ2) is 6.37. The lowest BCUT2D eigenvalue weighted by molar-refractivity contribution is 0.0653.